The highest BCUT2D eigenvalue weighted by Crippen LogP contribution is 2.30. The summed E-state index contributed by atoms with van der Waals surface area (Å²) in [6, 6.07) is 11.4. The summed E-state index contributed by atoms with van der Waals surface area (Å²) in [4.78, 5) is 16.3. The van der Waals surface area contributed by atoms with Crippen LogP contribution in [0.3, 0.4) is 0 Å². The van der Waals surface area contributed by atoms with Crippen molar-refractivity contribution in [3.63, 3.8) is 0 Å². The average Bonchev–Trinajstić information content (AvgIpc) is 2.84. The summed E-state index contributed by atoms with van der Waals surface area (Å²) in [5.74, 6) is -0.351. The highest BCUT2D eigenvalue weighted by atomic mass is 32.2. The van der Waals surface area contributed by atoms with Crippen LogP contribution in [0.2, 0.25) is 0 Å². The second-order valence-corrected chi connectivity index (χ2v) is 9.70. The number of aromatic nitrogens is 1. The van der Waals surface area contributed by atoms with Crippen LogP contribution in [0.25, 0.3) is 10.9 Å². The second kappa shape index (κ2) is 10.0. The number of halogens is 3. The van der Waals surface area contributed by atoms with Crippen molar-refractivity contribution < 1.29 is 26.4 Å². The van der Waals surface area contributed by atoms with Gasteiger partial charge >= 0.3 is 6.18 Å². The molecule has 1 atom stereocenters. The number of piperidine rings is 1. The number of nitrogens with zero attached hydrogens (tertiary/aromatic N) is 2. The Morgan fingerprint density at radius 3 is 2.57 bits per heavy atom. The Morgan fingerprint density at radius 1 is 1.11 bits per heavy atom. The van der Waals surface area contributed by atoms with Crippen molar-refractivity contribution in [1.82, 2.24) is 15.7 Å². The van der Waals surface area contributed by atoms with Crippen LogP contribution in [0.1, 0.15) is 24.1 Å². The molecule has 4 rings (SSSR count). The van der Waals surface area contributed by atoms with Gasteiger partial charge in [0, 0.05) is 11.9 Å². The molecule has 1 aromatic heterocycles. The average molecular weight is 506 g/mol. The van der Waals surface area contributed by atoms with Gasteiger partial charge in [-0.05, 0) is 55.8 Å². The van der Waals surface area contributed by atoms with E-state index in [9.17, 15) is 26.4 Å². The SMILES string of the molecule is O=C(NN=Cc1ccc2cccc(NS(=O)(=O)c3ccc(C(F)(F)F)cc3)c2n1)C1CCCNC1. The monoisotopic (exact) mass is 505 g/mol. The summed E-state index contributed by atoms with van der Waals surface area (Å²) in [7, 11) is -4.17. The highest BCUT2D eigenvalue weighted by Gasteiger charge is 2.30. The molecule has 0 aliphatic carbocycles. The molecule has 35 heavy (non-hydrogen) atoms. The second-order valence-electron chi connectivity index (χ2n) is 8.02. The van der Waals surface area contributed by atoms with Gasteiger partial charge in [0.1, 0.15) is 0 Å². The molecular weight excluding hydrogens is 483 g/mol. The molecule has 8 nitrogen and oxygen atoms in total. The van der Waals surface area contributed by atoms with Crippen LogP contribution in [0.15, 0.2) is 64.6 Å². The minimum absolute atomic E-state index is 0.148. The first kappa shape index (κ1) is 24.6. The molecule has 1 amide bonds. The molecule has 1 aliphatic rings. The van der Waals surface area contributed by atoms with Crippen molar-refractivity contribution in [2.45, 2.75) is 23.9 Å². The minimum Gasteiger partial charge on any atom is -0.316 e. The molecule has 2 heterocycles. The Hall–Kier alpha value is -3.51. The number of pyridine rings is 1. The molecule has 0 saturated carbocycles. The maximum atomic E-state index is 12.8. The Morgan fingerprint density at radius 2 is 1.89 bits per heavy atom. The molecular formula is C23H22F3N5O3S. The van der Waals surface area contributed by atoms with Crippen molar-refractivity contribution >= 4 is 38.7 Å². The van der Waals surface area contributed by atoms with Gasteiger partial charge in [-0.15, -0.1) is 0 Å². The molecule has 2 aromatic carbocycles. The van der Waals surface area contributed by atoms with E-state index in [2.05, 4.69) is 25.6 Å². The van der Waals surface area contributed by atoms with Gasteiger partial charge in [-0.2, -0.15) is 18.3 Å². The molecule has 1 saturated heterocycles. The van der Waals surface area contributed by atoms with Gasteiger partial charge in [0.2, 0.25) is 5.91 Å². The van der Waals surface area contributed by atoms with Crippen LogP contribution in [0, 0.1) is 5.92 Å². The number of anilines is 1. The van der Waals surface area contributed by atoms with E-state index in [0.29, 0.717) is 35.3 Å². The number of carbonyl (C=O) groups excluding carboxylic acids is 1. The largest absolute Gasteiger partial charge is 0.416 e. The molecule has 0 spiro atoms. The van der Waals surface area contributed by atoms with E-state index in [1.807, 2.05) is 0 Å². The van der Waals surface area contributed by atoms with Gasteiger partial charge in [-0.25, -0.2) is 18.8 Å². The molecule has 1 aliphatic heterocycles. The molecule has 12 heteroatoms. The predicted molar refractivity (Wildman–Crippen MR) is 125 cm³/mol. The Balaban J connectivity index is 1.53. The number of rotatable bonds is 6. The predicted octanol–water partition coefficient (Wildman–Crippen LogP) is 3.50. The van der Waals surface area contributed by atoms with E-state index in [-0.39, 0.29) is 22.4 Å². The molecule has 1 fully saturated rings. The molecule has 3 N–H and O–H groups in total. The Labute approximate surface area is 199 Å². The van der Waals surface area contributed by atoms with Crippen LogP contribution in [-0.2, 0) is 21.0 Å². The molecule has 1 unspecified atom stereocenters. The van der Waals surface area contributed by atoms with Crippen molar-refractivity contribution in [3.8, 4) is 0 Å². The third-order valence-corrected chi connectivity index (χ3v) is 6.90. The lowest BCUT2D eigenvalue weighted by Crippen LogP contribution is -2.38. The zero-order valence-electron chi connectivity index (χ0n) is 18.3. The maximum absolute atomic E-state index is 12.8. The van der Waals surface area contributed by atoms with E-state index in [4.69, 9.17) is 0 Å². The number of para-hydroxylation sites is 1. The lowest BCUT2D eigenvalue weighted by atomic mass is 9.99. The number of carbonyl (C=O) groups is 1. The normalized spacial score (nSPS) is 16.9. The van der Waals surface area contributed by atoms with Crippen LogP contribution >= 0.6 is 0 Å². The first-order valence-electron chi connectivity index (χ1n) is 10.8. The van der Waals surface area contributed by atoms with Crippen molar-refractivity contribution in [1.29, 1.82) is 0 Å². The third kappa shape index (κ3) is 5.95. The lowest BCUT2D eigenvalue weighted by molar-refractivity contribution is -0.137. The minimum atomic E-state index is -4.57. The molecule has 184 valence electrons. The third-order valence-electron chi connectivity index (χ3n) is 5.52. The number of benzene rings is 2. The number of sulfonamides is 1. The summed E-state index contributed by atoms with van der Waals surface area (Å²) in [5.41, 5.74) is 2.39. The van der Waals surface area contributed by atoms with E-state index in [1.165, 1.54) is 12.3 Å². The summed E-state index contributed by atoms with van der Waals surface area (Å²) in [5, 5.41) is 7.75. The van der Waals surface area contributed by atoms with E-state index in [0.717, 1.165) is 31.5 Å². The van der Waals surface area contributed by atoms with Gasteiger partial charge in [-0.3, -0.25) is 9.52 Å². The van der Waals surface area contributed by atoms with Gasteiger partial charge in [0.05, 0.1) is 39.5 Å². The van der Waals surface area contributed by atoms with Gasteiger partial charge < -0.3 is 5.32 Å². The highest BCUT2D eigenvalue weighted by molar-refractivity contribution is 7.92. The Bertz CT molecular complexity index is 1350. The number of alkyl halides is 3. The lowest BCUT2D eigenvalue weighted by Gasteiger charge is -2.20. The van der Waals surface area contributed by atoms with Crippen molar-refractivity contribution in [3.05, 3.63) is 65.9 Å². The quantitative estimate of drug-likeness (QED) is 0.351. The fourth-order valence-electron chi connectivity index (χ4n) is 3.67. The summed E-state index contributed by atoms with van der Waals surface area (Å²) >= 11 is 0. The number of hydrogen-bond donors (Lipinski definition) is 3. The number of hydrazone groups is 1. The van der Waals surface area contributed by atoms with Crippen molar-refractivity contribution in [2.75, 3.05) is 17.8 Å². The first-order chi connectivity index (χ1) is 16.6. The van der Waals surface area contributed by atoms with Gasteiger partial charge in [0.25, 0.3) is 10.0 Å². The van der Waals surface area contributed by atoms with E-state index >= 15 is 0 Å². The molecule has 0 radical (unpaired) electrons. The summed E-state index contributed by atoms with van der Waals surface area (Å²) in [6.07, 6.45) is -1.51. The van der Waals surface area contributed by atoms with E-state index < -0.39 is 21.8 Å². The standard InChI is InChI=1S/C23H22F3N5O3S/c24-23(25,26)17-7-10-19(11-8-17)35(33,34)31-20-5-1-3-15-6-9-18(29-21(15)20)14-28-30-22(32)16-4-2-12-27-13-16/h1,3,5-11,14,16,27,31H,2,4,12-13H2,(H,30,32). The van der Waals surface area contributed by atoms with Gasteiger partial charge in [-0.1, -0.05) is 18.2 Å². The number of hydrogen-bond acceptors (Lipinski definition) is 6. The Kier molecular flexibility index (Phi) is 7.03. The number of fused-ring (bicyclic) bond motifs is 1. The summed E-state index contributed by atoms with van der Waals surface area (Å²) in [6.45, 7) is 1.48. The number of amides is 1. The first-order valence-corrected chi connectivity index (χ1v) is 12.3. The van der Waals surface area contributed by atoms with Gasteiger partial charge in [0.15, 0.2) is 0 Å². The maximum Gasteiger partial charge on any atom is 0.416 e. The van der Waals surface area contributed by atoms with E-state index in [1.54, 1.807) is 24.3 Å². The van der Waals surface area contributed by atoms with Crippen LogP contribution < -0.4 is 15.5 Å². The molecule has 3 aromatic rings. The fraction of sp³-hybridized carbons (Fsp3) is 0.261. The fourth-order valence-corrected chi connectivity index (χ4v) is 4.74. The van der Waals surface area contributed by atoms with Crippen molar-refractivity contribution in [2.24, 2.45) is 11.0 Å². The van der Waals surface area contributed by atoms with Crippen LogP contribution in [0.5, 0.6) is 0 Å². The number of nitrogens with one attached hydrogen (secondary N) is 3. The topological polar surface area (TPSA) is 113 Å². The zero-order chi connectivity index (χ0) is 25.1. The molecule has 0 bridgehead atoms. The van der Waals surface area contributed by atoms with Crippen LogP contribution in [-0.4, -0.2) is 38.6 Å². The smallest absolute Gasteiger partial charge is 0.316 e. The van der Waals surface area contributed by atoms with Crippen LogP contribution in [0.4, 0.5) is 18.9 Å². The zero-order valence-corrected chi connectivity index (χ0v) is 19.2. The summed E-state index contributed by atoms with van der Waals surface area (Å²) < 4.78 is 66.3.